The van der Waals surface area contributed by atoms with Gasteiger partial charge >= 0.3 is 0 Å². The van der Waals surface area contributed by atoms with Gasteiger partial charge in [0.15, 0.2) is 0 Å². The van der Waals surface area contributed by atoms with Crippen molar-refractivity contribution in [2.45, 2.75) is 51.0 Å². The van der Waals surface area contributed by atoms with Crippen molar-refractivity contribution in [3.63, 3.8) is 0 Å². The van der Waals surface area contributed by atoms with Crippen LogP contribution in [-0.4, -0.2) is 40.6 Å². The lowest BCUT2D eigenvalue weighted by Crippen LogP contribution is -2.39. The Bertz CT molecular complexity index is 756. The van der Waals surface area contributed by atoms with Crippen molar-refractivity contribution in [1.82, 2.24) is 14.5 Å². The molecule has 0 atom stereocenters. The number of carbonyl (C=O) groups is 1. The van der Waals surface area contributed by atoms with Crippen LogP contribution in [0.1, 0.15) is 49.4 Å². The summed E-state index contributed by atoms with van der Waals surface area (Å²) in [5, 5.41) is 0. The number of methoxy groups -OCH3 is 1. The van der Waals surface area contributed by atoms with Gasteiger partial charge in [-0.15, -0.1) is 0 Å². The number of hydrogen-bond acceptors (Lipinski definition) is 3. The van der Waals surface area contributed by atoms with Gasteiger partial charge in [-0.1, -0.05) is 18.6 Å². The summed E-state index contributed by atoms with van der Waals surface area (Å²) in [6.45, 7) is 2.78. The van der Waals surface area contributed by atoms with E-state index in [1.54, 1.807) is 7.11 Å². The fraction of sp³-hybridized carbons (Fsp3) is 0.545. The first-order valence-electron chi connectivity index (χ1n) is 10.1. The number of aromatic nitrogens is 2. The van der Waals surface area contributed by atoms with Crippen LogP contribution in [0.15, 0.2) is 36.7 Å². The van der Waals surface area contributed by atoms with E-state index in [0.717, 1.165) is 49.7 Å². The molecule has 0 spiro atoms. The third-order valence-electron chi connectivity index (χ3n) is 6.15. The van der Waals surface area contributed by atoms with Gasteiger partial charge in [0.1, 0.15) is 11.6 Å². The van der Waals surface area contributed by atoms with Crippen LogP contribution in [0.25, 0.3) is 0 Å². The molecule has 2 aliphatic rings. The van der Waals surface area contributed by atoms with E-state index in [1.807, 2.05) is 35.4 Å². The Morgan fingerprint density at radius 1 is 1.15 bits per heavy atom. The predicted octanol–water partition coefficient (Wildman–Crippen LogP) is 3.64. The molecule has 1 aliphatic heterocycles. The molecule has 144 valence electrons. The smallest absolute Gasteiger partial charge is 0.226 e. The van der Waals surface area contributed by atoms with Crippen LogP contribution in [0.3, 0.4) is 0 Å². The van der Waals surface area contributed by atoms with E-state index in [9.17, 15) is 4.79 Å². The van der Waals surface area contributed by atoms with E-state index < -0.39 is 0 Å². The summed E-state index contributed by atoms with van der Waals surface area (Å²) in [4.78, 5) is 19.3. The Hall–Kier alpha value is -2.30. The second-order valence-electron chi connectivity index (χ2n) is 7.91. The number of likely N-dealkylation sites (tertiary alicyclic amines) is 1. The third-order valence-corrected chi connectivity index (χ3v) is 6.15. The molecule has 5 heteroatoms. The zero-order valence-electron chi connectivity index (χ0n) is 16.1. The minimum atomic E-state index is 0.219. The minimum absolute atomic E-state index is 0.219. The SMILES string of the molecule is COc1ccc(CC(=O)N2CCC(c3nccn3CC3CCC3)CC2)cc1. The number of benzene rings is 1. The lowest BCUT2D eigenvalue weighted by molar-refractivity contribution is -0.131. The quantitative estimate of drug-likeness (QED) is 0.783. The van der Waals surface area contributed by atoms with E-state index in [1.165, 1.54) is 25.1 Å². The number of hydrogen-bond donors (Lipinski definition) is 0. The van der Waals surface area contributed by atoms with Crippen LogP contribution in [0.4, 0.5) is 0 Å². The van der Waals surface area contributed by atoms with Gasteiger partial charge in [0.25, 0.3) is 0 Å². The average Bonchev–Trinajstić information content (AvgIpc) is 3.14. The van der Waals surface area contributed by atoms with Crippen LogP contribution in [-0.2, 0) is 17.8 Å². The maximum absolute atomic E-state index is 12.6. The van der Waals surface area contributed by atoms with Gasteiger partial charge in [-0.3, -0.25) is 4.79 Å². The average molecular weight is 367 g/mol. The summed E-state index contributed by atoms with van der Waals surface area (Å²) in [5.74, 6) is 3.58. The van der Waals surface area contributed by atoms with Gasteiger partial charge in [-0.05, 0) is 49.3 Å². The molecule has 0 radical (unpaired) electrons. The Balaban J connectivity index is 1.30. The first kappa shape index (κ1) is 18.1. The predicted molar refractivity (Wildman–Crippen MR) is 105 cm³/mol. The number of amides is 1. The van der Waals surface area contributed by atoms with Gasteiger partial charge in [0, 0.05) is 37.9 Å². The Morgan fingerprint density at radius 3 is 2.52 bits per heavy atom. The molecule has 1 saturated carbocycles. The summed E-state index contributed by atoms with van der Waals surface area (Å²) in [5.41, 5.74) is 1.04. The Morgan fingerprint density at radius 2 is 1.89 bits per heavy atom. The van der Waals surface area contributed by atoms with Crippen molar-refractivity contribution < 1.29 is 9.53 Å². The number of rotatable bonds is 6. The van der Waals surface area contributed by atoms with E-state index in [0.29, 0.717) is 12.3 Å². The molecular formula is C22H29N3O2. The monoisotopic (exact) mass is 367 g/mol. The Kier molecular flexibility index (Phi) is 5.46. The molecule has 2 aromatic rings. The van der Waals surface area contributed by atoms with Crippen LogP contribution in [0.5, 0.6) is 5.75 Å². The zero-order chi connectivity index (χ0) is 18.6. The number of carbonyl (C=O) groups excluding carboxylic acids is 1. The standard InChI is InChI=1S/C22H29N3O2/c1-27-20-7-5-17(6-8-20)15-21(26)24-12-9-19(10-13-24)22-23-11-14-25(22)16-18-3-2-4-18/h5-8,11,14,18-19H,2-4,9-10,12-13,15-16H2,1H3. The van der Waals surface area contributed by atoms with Gasteiger partial charge < -0.3 is 14.2 Å². The summed E-state index contributed by atoms with van der Waals surface area (Å²) in [7, 11) is 1.65. The molecule has 1 saturated heterocycles. The highest BCUT2D eigenvalue weighted by Crippen LogP contribution is 2.31. The fourth-order valence-electron chi connectivity index (χ4n) is 4.21. The minimum Gasteiger partial charge on any atom is -0.497 e. The van der Waals surface area contributed by atoms with Crippen molar-refractivity contribution in [3.05, 3.63) is 48.0 Å². The molecule has 2 fully saturated rings. The van der Waals surface area contributed by atoms with Crippen LogP contribution < -0.4 is 4.74 Å². The molecule has 4 rings (SSSR count). The summed E-state index contributed by atoms with van der Waals surface area (Å²) in [6.07, 6.45) is 10.6. The second-order valence-corrected chi connectivity index (χ2v) is 7.91. The lowest BCUT2D eigenvalue weighted by atomic mass is 9.85. The van der Waals surface area contributed by atoms with Crippen molar-refractivity contribution in [2.75, 3.05) is 20.2 Å². The first-order chi connectivity index (χ1) is 13.2. The van der Waals surface area contributed by atoms with E-state index in [2.05, 4.69) is 15.7 Å². The normalized spacial score (nSPS) is 18.3. The van der Waals surface area contributed by atoms with E-state index >= 15 is 0 Å². The highest BCUT2D eigenvalue weighted by molar-refractivity contribution is 5.78. The van der Waals surface area contributed by atoms with Crippen LogP contribution >= 0.6 is 0 Å². The first-order valence-corrected chi connectivity index (χ1v) is 10.1. The molecule has 1 aromatic carbocycles. The van der Waals surface area contributed by atoms with Crippen LogP contribution in [0, 0.1) is 5.92 Å². The topological polar surface area (TPSA) is 47.4 Å². The maximum Gasteiger partial charge on any atom is 0.226 e. The summed E-state index contributed by atoms with van der Waals surface area (Å²) < 4.78 is 7.54. The summed E-state index contributed by atoms with van der Waals surface area (Å²) in [6, 6.07) is 7.77. The number of imidazole rings is 1. The van der Waals surface area contributed by atoms with Gasteiger partial charge in [0.05, 0.1) is 13.5 Å². The molecular weight excluding hydrogens is 338 g/mol. The molecule has 0 bridgehead atoms. The fourth-order valence-corrected chi connectivity index (χ4v) is 4.21. The van der Waals surface area contributed by atoms with Crippen molar-refractivity contribution in [2.24, 2.45) is 5.92 Å². The number of ether oxygens (including phenoxy) is 1. The highest BCUT2D eigenvalue weighted by atomic mass is 16.5. The molecule has 2 heterocycles. The molecule has 27 heavy (non-hydrogen) atoms. The van der Waals surface area contributed by atoms with Crippen LogP contribution in [0.2, 0.25) is 0 Å². The lowest BCUT2D eigenvalue weighted by Gasteiger charge is -2.33. The molecule has 1 amide bonds. The Labute approximate surface area is 161 Å². The number of piperidine rings is 1. The van der Waals surface area contributed by atoms with Gasteiger partial charge in [-0.2, -0.15) is 0 Å². The molecule has 0 unspecified atom stereocenters. The van der Waals surface area contributed by atoms with Crippen molar-refractivity contribution in [1.29, 1.82) is 0 Å². The van der Waals surface area contributed by atoms with Crippen molar-refractivity contribution >= 4 is 5.91 Å². The van der Waals surface area contributed by atoms with E-state index in [4.69, 9.17) is 4.74 Å². The molecule has 1 aliphatic carbocycles. The third kappa shape index (κ3) is 4.18. The molecule has 5 nitrogen and oxygen atoms in total. The molecule has 1 aromatic heterocycles. The van der Waals surface area contributed by atoms with Crippen molar-refractivity contribution in [3.8, 4) is 5.75 Å². The number of nitrogens with zero attached hydrogens (tertiary/aromatic N) is 3. The zero-order valence-corrected chi connectivity index (χ0v) is 16.1. The second kappa shape index (κ2) is 8.15. The summed E-state index contributed by atoms with van der Waals surface area (Å²) >= 11 is 0. The molecule has 0 N–H and O–H groups in total. The maximum atomic E-state index is 12.6. The van der Waals surface area contributed by atoms with E-state index in [-0.39, 0.29) is 5.91 Å². The largest absolute Gasteiger partial charge is 0.497 e. The van der Waals surface area contributed by atoms with Gasteiger partial charge in [0.2, 0.25) is 5.91 Å². The van der Waals surface area contributed by atoms with Gasteiger partial charge in [-0.25, -0.2) is 4.98 Å². The highest BCUT2D eigenvalue weighted by Gasteiger charge is 2.27.